The highest BCUT2D eigenvalue weighted by Gasteiger charge is 2.27. The number of hydrogen-bond acceptors (Lipinski definition) is 5. The SMILES string of the molecule is C[C@H]1CN(Cc2nnsc2Cl)C[C@H](c2ccccc2)O1. The molecule has 2 atom stereocenters. The molecule has 6 heteroatoms. The van der Waals surface area contributed by atoms with E-state index in [1.54, 1.807) is 0 Å². The average Bonchev–Trinajstić information content (AvgIpc) is 2.85. The van der Waals surface area contributed by atoms with Gasteiger partial charge in [0.25, 0.3) is 0 Å². The van der Waals surface area contributed by atoms with Gasteiger partial charge < -0.3 is 4.74 Å². The summed E-state index contributed by atoms with van der Waals surface area (Å²) >= 11 is 7.32. The van der Waals surface area contributed by atoms with Gasteiger partial charge in [-0.05, 0) is 12.5 Å². The molecular formula is C14H16ClN3OS. The summed E-state index contributed by atoms with van der Waals surface area (Å²) in [6.07, 6.45) is 0.296. The van der Waals surface area contributed by atoms with Gasteiger partial charge in [-0.15, -0.1) is 5.10 Å². The highest BCUT2D eigenvalue weighted by Crippen LogP contribution is 2.27. The van der Waals surface area contributed by atoms with Crippen LogP contribution in [-0.4, -0.2) is 33.7 Å². The highest BCUT2D eigenvalue weighted by atomic mass is 35.5. The Morgan fingerprint density at radius 1 is 1.35 bits per heavy atom. The summed E-state index contributed by atoms with van der Waals surface area (Å²) < 4.78 is 10.6. The molecular weight excluding hydrogens is 294 g/mol. The Morgan fingerprint density at radius 3 is 2.85 bits per heavy atom. The van der Waals surface area contributed by atoms with Gasteiger partial charge in [0.2, 0.25) is 0 Å². The minimum Gasteiger partial charge on any atom is -0.368 e. The van der Waals surface area contributed by atoms with Gasteiger partial charge in [-0.1, -0.05) is 46.4 Å². The van der Waals surface area contributed by atoms with Crippen LogP contribution in [0, 0.1) is 0 Å². The lowest BCUT2D eigenvalue weighted by atomic mass is 10.1. The standard InChI is InChI=1S/C14H16ClN3OS/c1-10-7-18(8-12-14(15)20-17-16-12)9-13(19-10)11-5-3-2-4-6-11/h2-6,10,13H,7-9H2,1H3/t10-,13+/m0/s1. The summed E-state index contributed by atoms with van der Waals surface area (Å²) in [5, 5.41) is 4.09. The highest BCUT2D eigenvalue weighted by molar-refractivity contribution is 7.10. The number of halogens is 1. The van der Waals surface area contributed by atoms with Crippen LogP contribution in [0.5, 0.6) is 0 Å². The third-order valence-corrected chi connectivity index (χ3v) is 4.37. The molecule has 0 aliphatic carbocycles. The van der Waals surface area contributed by atoms with Gasteiger partial charge in [0.05, 0.1) is 12.2 Å². The molecule has 0 unspecified atom stereocenters. The third-order valence-electron chi connectivity index (χ3n) is 3.39. The maximum absolute atomic E-state index is 6.08. The minimum atomic E-state index is 0.102. The average molecular weight is 310 g/mol. The molecule has 0 bridgehead atoms. The number of aromatic nitrogens is 2. The lowest BCUT2D eigenvalue weighted by Gasteiger charge is -2.36. The lowest BCUT2D eigenvalue weighted by Crippen LogP contribution is -2.42. The van der Waals surface area contributed by atoms with E-state index in [1.807, 2.05) is 18.2 Å². The van der Waals surface area contributed by atoms with Crippen molar-refractivity contribution >= 4 is 23.1 Å². The second-order valence-corrected chi connectivity index (χ2v) is 6.39. The zero-order valence-corrected chi connectivity index (χ0v) is 12.8. The second kappa shape index (κ2) is 6.18. The van der Waals surface area contributed by atoms with Crippen LogP contribution in [0.15, 0.2) is 30.3 Å². The van der Waals surface area contributed by atoms with Crippen LogP contribution in [0.3, 0.4) is 0 Å². The Morgan fingerprint density at radius 2 is 2.15 bits per heavy atom. The normalized spacial score (nSPS) is 23.9. The van der Waals surface area contributed by atoms with Crippen LogP contribution in [0.2, 0.25) is 4.34 Å². The first-order valence-corrected chi connectivity index (χ1v) is 7.77. The van der Waals surface area contributed by atoms with Crippen molar-refractivity contribution in [1.82, 2.24) is 14.5 Å². The summed E-state index contributed by atoms with van der Waals surface area (Å²) in [4.78, 5) is 2.33. The number of benzene rings is 1. The van der Waals surface area contributed by atoms with Gasteiger partial charge in [-0.25, -0.2) is 0 Å². The third kappa shape index (κ3) is 3.17. The number of ether oxygens (including phenoxy) is 1. The van der Waals surface area contributed by atoms with Crippen molar-refractivity contribution in [3.8, 4) is 0 Å². The number of nitrogens with zero attached hydrogens (tertiary/aromatic N) is 3. The second-order valence-electron chi connectivity index (χ2n) is 5.03. The van der Waals surface area contributed by atoms with E-state index in [9.17, 15) is 0 Å². The van der Waals surface area contributed by atoms with Crippen molar-refractivity contribution < 1.29 is 4.74 Å². The summed E-state index contributed by atoms with van der Waals surface area (Å²) in [5.41, 5.74) is 2.07. The molecule has 20 heavy (non-hydrogen) atoms. The fourth-order valence-electron chi connectivity index (χ4n) is 2.52. The van der Waals surface area contributed by atoms with E-state index in [0.717, 1.165) is 25.3 Å². The molecule has 2 aromatic rings. The molecule has 106 valence electrons. The van der Waals surface area contributed by atoms with Crippen molar-refractivity contribution in [2.75, 3.05) is 13.1 Å². The zero-order valence-electron chi connectivity index (χ0n) is 11.2. The van der Waals surface area contributed by atoms with E-state index in [4.69, 9.17) is 16.3 Å². The molecule has 1 fully saturated rings. The monoisotopic (exact) mass is 309 g/mol. The van der Waals surface area contributed by atoms with Gasteiger partial charge in [0, 0.05) is 31.2 Å². The van der Waals surface area contributed by atoms with Gasteiger partial charge >= 0.3 is 0 Å². The molecule has 1 aliphatic rings. The van der Waals surface area contributed by atoms with Crippen molar-refractivity contribution in [1.29, 1.82) is 0 Å². The van der Waals surface area contributed by atoms with Crippen molar-refractivity contribution in [3.63, 3.8) is 0 Å². The molecule has 0 spiro atoms. The van der Waals surface area contributed by atoms with Crippen molar-refractivity contribution in [2.45, 2.75) is 25.7 Å². The molecule has 1 saturated heterocycles. The molecule has 0 saturated carbocycles. The van der Waals surface area contributed by atoms with Gasteiger partial charge in [0.1, 0.15) is 10.0 Å². The van der Waals surface area contributed by atoms with Gasteiger partial charge in [0.15, 0.2) is 0 Å². The Bertz CT molecular complexity index is 563. The summed E-state index contributed by atoms with van der Waals surface area (Å²) in [6.45, 7) is 4.56. The van der Waals surface area contributed by atoms with E-state index in [-0.39, 0.29) is 12.2 Å². The summed E-state index contributed by atoms with van der Waals surface area (Å²) in [6, 6.07) is 10.3. The van der Waals surface area contributed by atoms with E-state index >= 15 is 0 Å². The van der Waals surface area contributed by atoms with Gasteiger partial charge in [-0.2, -0.15) is 0 Å². The zero-order chi connectivity index (χ0) is 13.9. The van der Waals surface area contributed by atoms with Crippen LogP contribution in [-0.2, 0) is 11.3 Å². The van der Waals surface area contributed by atoms with E-state index in [2.05, 4.69) is 33.5 Å². The van der Waals surface area contributed by atoms with Crippen LogP contribution in [0.25, 0.3) is 0 Å². The maximum atomic E-state index is 6.08. The Kier molecular flexibility index (Phi) is 4.31. The first-order chi connectivity index (χ1) is 9.72. The van der Waals surface area contributed by atoms with Crippen LogP contribution >= 0.6 is 23.1 Å². The lowest BCUT2D eigenvalue weighted by molar-refractivity contribution is -0.0816. The van der Waals surface area contributed by atoms with Crippen LogP contribution in [0.4, 0.5) is 0 Å². The molecule has 1 aliphatic heterocycles. The fraction of sp³-hybridized carbons (Fsp3) is 0.429. The molecule has 0 radical (unpaired) electrons. The summed E-state index contributed by atoms with van der Waals surface area (Å²) in [7, 11) is 0. The molecule has 1 aromatic carbocycles. The fourth-order valence-corrected chi connectivity index (χ4v) is 3.13. The number of rotatable bonds is 3. The quantitative estimate of drug-likeness (QED) is 0.873. The minimum absolute atomic E-state index is 0.102. The first-order valence-electron chi connectivity index (χ1n) is 6.62. The molecule has 3 rings (SSSR count). The molecule has 1 aromatic heterocycles. The Labute approximate surface area is 127 Å². The summed E-state index contributed by atoms with van der Waals surface area (Å²) in [5.74, 6) is 0. The Hall–Kier alpha value is -1.01. The Balaban J connectivity index is 1.72. The molecule has 0 N–H and O–H groups in total. The van der Waals surface area contributed by atoms with E-state index in [0.29, 0.717) is 4.34 Å². The largest absolute Gasteiger partial charge is 0.368 e. The smallest absolute Gasteiger partial charge is 0.138 e. The molecule has 0 amide bonds. The molecule has 4 nitrogen and oxygen atoms in total. The maximum Gasteiger partial charge on any atom is 0.138 e. The van der Waals surface area contributed by atoms with E-state index in [1.165, 1.54) is 17.1 Å². The first kappa shape index (κ1) is 13.9. The predicted molar refractivity (Wildman–Crippen MR) is 79.9 cm³/mol. The number of hydrogen-bond donors (Lipinski definition) is 0. The van der Waals surface area contributed by atoms with Crippen LogP contribution in [0.1, 0.15) is 24.3 Å². The topological polar surface area (TPSA) is 38.2 Å². The van der Waals surface area contributed by atoms with Gasteiger partial charge in [-0.3, -0.25) is 4.90 Å². The van der Waals surface area contributed by atoms with E-state index < -0.39 is 0 Å². The van der Waals surface area contributed by atoms with Crippen LogP contribution < -0.4 is 0 Å². The van der Waals surface area contributed by atoms with Crippen molar-refractivity contribution in [3.05, 3.63) is 45.9 Å². The molecule has 2 heterocycles. The van der Waals surface area contributed by atoms with Crippen molar-refractivity contribution in [2.24, 2.45) is 0 Å². The predicted octanol–water partition coefficient (Wildman–Crippen LogP) is 3.15. The number of morpholine rings is 1.